The van der Waals surface area contributed by atoms with Crippen LogP contribution in [-0.4, -0.2) is 29.2 Å². The van der Waals surface area contributed by atoms with Crippen LogP contribution in [0.1, 0.15) is 23.6 Å². The summed E-state index contributed by atoms with van der Waals surface area (Å²) in [7, 11) is 0. The first kappa shape index (κ1) is 21.6. The molecule has 0 aliphatic carbocycles. The van der Waals surface area contributed by atoms with Gasteiger partial charge < -0.3 is 10.2 Å². The van der Waals surface area contributed by atoms with Crippen molar-refractivity contribution in [3.8, 4) is 0 Å². The Morgan fingerprint density at radius 1 is 0.882 bits per heavy atom. The monoisotopic (exact) mass is 455 g/mol. The standard InChI is InChI=1S/C27H22FN3O3/c1-17(32)29-21-12-10-19(11-13-21)24-25(30-15-14-18-6-2-3-7-20(18)16-30)27(34)31(26(24)33)23-9-5-4-8-22(23)28/h2-13H,14-16H2,1H3,(H,29,32). The summed E-state index contributed by atoms with van der Waals surface area (Å²) in [5.74, 6) is -1.97. The third-order valence-corrected chi connectivity index (χ3v) is 6.09. The van der Waals surface area contributed by atoms with E-state index in [0.717, 1.165) is 16.9 Å². The first-order valence-electron chi connectivity index (χ1n) is 11.0. The van der Waals surface area contributed by atoms with Gasteiger partial charge in [0.2, 0.25) is 5.91 Å². The number of rotatable bonds is 4. The second-order valence-electron chi connectivity index (χ2n) is 8.32. The minimum atomic E-state index is -0.644. The summed E-state index contributed by atoms with van der Waals surface area (Å²) < 4.78 is 14.6. The van der Waals surface area contributed by atoms with Crippen LogP contribution in [-0.2, 0) is 27.3 Å². The van der Waals surface area contributed by atoms with Crippen molar-refractivity contribution in [2.24, 2.45) is 0 Å². The van der Waals surface area contributed by atoms with Crippen molar-refractivity contribution in [3.05, 3.63) is 101 Å². The molecule has 0 spiro atoms. The van der Waals surface area contributed by atoms with E-state index in [1.54, 1.807) is 30.3 Å². The molecule has 0 atom stereocenters. The molecule has 5 rings (SSSR count). The van der Waals surface area contributed by atoms with E-state index in [1.165, 1.54) is 30.7 Å². The van der Waals surface area contributed by atoms with Gasteiger partial charge in [0.15, 0.2) is 0 Å². The van der Waals surface area contributed by atoms with Gasteiger partial charge in [-0.3, -0.25) is 14.4 Å². The van der Waals surface area contributed by atoms with Gasteiger partial charge in [0.05, 0.1) is 11.3 Å². The predicted octanol–water partition coefficient (Wildman–Crippen LogP) is 4.13. The number of carbonyl (C=O) groups is 3. The van der Waals surface area contributed by atoms with Crippen LogP contribution in [0.4, 0.5) is 15.8 Å². The Balaban J connectivity index is 1.60. The molecule has 3 aromatic carbocycles. The van der Waals surface area contributed by atoms with Crippen LogP contribution in [0.15, 0.2) is 78.5 Å². The minimum Gasteiger partial charge on any atom is -0.362 e. The fourth-order valence-corrected chi connectivity index (χ4v) is 4.53. The molecular weight excluding hydrogens is 433 g/mol. The van der Waals surface area contributed by atoms with Crippen molar-refractivity contribution < 1.29 is 18.8 Å². The van der Waals surface area contributed by atoms with Crippen LogP contribution in [0.5, 0.6) is 0 Å². The van der Waals surface area contributed by atoms with Crippen LogP contribution in [0.2, 0.25) is 0 Å². The molecule has 0 saturated carbocycles. The number of nitrogens with one attached hydrogen (secondary N) is 1. The number of benzene rings is 3. The van der Waals surface area contributed by atoms with Crippen molar-refractivity contribution in [2.75, 3.05) is 16.8 Å². The third-order valence-electron chi connectivity index (χ3n) is 6.09. The molecule has 0 fully saturated rings. The molecule has 2 aliphatic rings. The molecule has 0 bridgehead atoms. The molecule has 0 saturated heterocycles. The molecule has 3 amide bonds. The van der Waals surface area contributed by atoms with Gasteiger partial charge in [-0.1, -0.05) is 48.5 Å². The number of fused-ring (bicyclic) bond motifs is 1. The summed E-state index contributed by atoms with van der Waals surface area (Å²) in [5.41, 5.74) is 3.82. The number of anilines is 2. The molecule has 34 heavy (non-hydrogen) atoms. The second-order valence-corrected chi connectivity index (χ2v) is 8.32. The SMILES string of the molecule is CC(=O)Nc1ccc(C2=C(N3CCc4ccccc4C3)C(=O)N(c3ccccc3F)C2=O)cc1. The van der Waals surface area contributed by atoms with Crippen LogP contribution >= 0.6 is 0 Å². The quantitative estimate of drug-likeness (QED) is 0.601. The van der Waals surface area contributed by atoms with E-state index < -0.39 is 17.6 Å². The van der Waals surface area contributed by atoms with E-state index >= 15 is 0 Å². The Labute approximate surface area is 196 Å². The molecule has 3 aromatic rings. The molecular formula is C27H22FN3O3. The van der Waals surface area contributed by atoms with Crippen molar-refractivity contribution in [3.63, 3.8) is 0 Å². The van der Waals surface area contributed by atoms with E-state index in [9.17, 15) is 18.8 Å². The minimum absolute atomic E-state index is 0.0720. The maximum Gasteiger partial charge on any atom is 0.282 e. The Morgan fingerprint density at radius 2 is 1.56 bits per heavy atom. The maximum absolute atomic E-state index is 14.6. The highest BCUT2D eigenvalue weighted by Gasteiger charge is 2.43. The molecule has 1 N–H and O–H groups in total. The van der Waals surface area contributed by atoms with Crippen LogP contribution in [0.3, 0.4) is 0 Å². The summed E-state index contributed by atoms with van der Waals surface area (Å²) >= 11 is 0. The van der Waals surface area contributed by atoms with E-state index in [-0.39, 0.29) is 22.9 Å². The van der Waals surface area contributed by atoms with Crippen LogP contribution in [0.25, 0.3) is 5.57 Å². The molecule has 7 heteroatoms. The van der Waals surface area contributed by atoms with Gasteiger partial charge in [-0.25, -0.2) is 9.29 Å². The Morgan fingerprint density at radius 3 is 2.26 bits per heavy atom. The number of carbonyl (C=O) groups excluding carboxylic acids is 3. The molecule has 6 nitrogen and oxygen atoms in total. The van der Waals surface area contributed by atoms with Gasteiger partial charge in [0, 0.05) is 25.7 Å². The first-order chi connectivity index (χ1) is 16.4. The number of halogens is 1. The van der Waals surface area contributed by atoms with E-state index in [4.69, 9.17) is 0 Å². The summed E-state index contributed by atoms with van der Waals surface area (Å²) in [6.45, 7) is 2.45. The summed E-state index contributed by atoms with van der Waals surface area (Å²) in [4.78, 5) is 41.5. The fraction of sp³-hybridized carbons (Fsp3) is 0.148. The average Bonchev–Trinajstić information content (AvgIpc) is 3.09. The first-order valence-corrected chi connectivity index (χ1v) is 11.0. The van der Waals surface area contributed by atoms with Crippen molar-refractivity contribution in [1.82, 2.24) is 4.90 Å². The zero-order chi connectivity index (χ0) is 23.8. The zero-order valence-corrected chi connectivity index (χ0v) is 18.5. The number of nitrogens with zero attached hydrogens (tertiary/aromatic N) is 2. The molecule has 2 heterocycles. The molecule has 170 valence electrons. The highest BCUT2D eigenvalue weighted by Crippen LogP contribution is 2.37. The molecule has 2 aliphatic heterocycles. The van der Waals surface area contributed by atoms with Crippen LogP contribution in [0, 0.1) is 5.82 Å². The number of amides is 3. The van der Waals surface area contributed by atoms with E-state index in [2.05, 4.69) is 11.4 Å². The highest BCUT2D eigenvalue weighted by molar-refractivity contribution is 6.45. The van der Waals surface area contributed by atoms with Crippen molar-refractivity contribution >= 4 is 34.7 Å². The Kier molecular flexibility index (Phi) is 5.45. The van der Waals surface area contributed by atoms with E-state index in [0.29, 0.717) is 24.3 Å². The normalized spacial score (nSPS) is 15.6. The molecule has 0 radical (unpaired) electrons. The molecule has 0 aromatic heterocycles. The van der Waals surface area contributed by atoms with Gasteiger partial charge in [-0.05, 0) is 47.4 Å². The van der Waals surface area contributed by atoms with Gasteiger partial charge in [-0.15, -0.1) is 0 Å². The maximum atomic E-state index is 14.6. The van der Waals surface area contributed by atoms with Crippen LogP contribution < -0.4 is 10.2 Å². The smallest absolute Gasteiger partial charge is 0.282 e. The lowest BCUT2D eigenvalue weighted by Gasteiger charge is -2.31. The lowest BCUT2D eigenvalue weighted by atomic mass is 9.97. The van der Waals surface area contributed by atoms with Gasteiger partial charge in [0.1, 0.15) is 11.5 Å². The summed E-state index contributed by atoms with van der Waals surface area (Å²) in [6.07, 6.45) is 0.732. The molecule has 0 unspecified atom stereocenters. The predicted molar refractivity (Wildman–Crippen MR) is 127 cm³/mol. The van der Waals surface area contributed by atoms with Gasteiger partial charge in [-0.2, -0.15) is 0 Å². The van der Waals surface area contributed by atoms with Gasteiger partial charge >= 0.3 is 0 Å². The number of hydrogen-bond acceptors (Lipinski definition) is 4. The zero-order valence-electron chi connectivity index (χ0n) is 18.5. The van der Waals surface area contributed by atoms with Gasteiger partial charge in [0.25, 0.3) is 11.8 Å². The van der Waals surface area contributed by atoms with Crippen molar-refractivity contribution in [1.29, 1.82) is 0 Å². The third kappa shape index (κ3) is 3.75. The lowest BCUT2D eigenvalue weighted by Crippen LogP contribution is -2.37. The average molecular weight is 455 g/mol. The Hall–Kier alpha value is -4.26. The summed E-state index contributed by atoms with van der Waals surface area (Å²) in [5, 5.41) is 2.69. The lowest BCUT2D eigenvalue weighted by molar-refractivity contribution is -0.121. The van der Waals surface area contributed by atoms with E-state index in [1.807, 2.05) is 23.1 Å². The fourth-order valence-electron chi connectivity index (χ4n) is 4.53. The van der Waals surface area contributed by atoms with Crippen molar-refractivity contribution in [2.45, 2.75) is 19.9 Å². The number of imide groups is 1. The number of para-hydroxylation sites is 1. The highest BCUT2D eigenvalue weighted by atomic mass is 19.1. The largest absolute Gasteiger partial charge is 0.362 e. The second kappa shape index (κ2) is 8.59. The topological polar surface area (TPSA) is 69.7 Å². The number of hydrogen-bond donors (Lipinski definition) is 1. The summed E-state index contributed by atoms with van der Waals surface area (Å²) in [6, 6.07) is 20.5. The Bertz CT molecular complexity index is 1350.